The molecular weight excluding hydrogens is 142 g/mol. The predicted octanol–water partition coefficient (Wildman–Crippen LogP) is 0.626. The zero-order valence-electron chi connectivity index (χ0n) is 7.50. The summed E-state index contributed by atoms with van der Waals surface area (Å²) in [5, 5.41) is 9.00. The highest BCUT2D eigenvalue weighted by molar-refractivity contribution is 5.73. The molecule has 0 aliphatic carbocycles. The van der Waals surface area contributed by atoms with Crippen LogP contribution in [0, 0.1) is 0 Å². The van der Waals surface area contributed by atoms with Gasteiger partial charge in [-0.2, -0.15) is 0 Å². The summed E-state index contributed by atoms with van der Waals surface area (Å²) in [4.78, 5) is 12.5. The molecule has 3 heteroatoms. The highest BCUT2D eigenvalue weighted by atomic mass is 16.3. The monoisotopic (exact) mass is 159 g/mol. The van der Waals surface area contributed by atoms with E-state index < -0.39 is 6.10 Å². The second-order valence-corrected chi connectivity index (χ2v) is 2.81. The van der Waals surface area contributed by atoms with E-state index in [4.69, 9.17) is 5.11 Å². The third-order valence-electron chi connectivity index (χ3n) is 1.42. The van der Waals surface area contributed by atoms with Crippen LogP contribution in [-0.4, -0.2) is 35.1 Å². The van der Waals surface area contributed by atoms with Gasteiger partial charge in [0.1, 0.15) is 0 Å². The Labute approximate surface area is 68.0 Å². The number of carbonyl (C=O) groups is 1. The Morgan fingerprint density at radius 1 is 1.64 bits per heavy atom. The van der Waals surface area contributed by atoms with Gasteiger partial charge in [-0.1, -0.05) is 6.92 Å². The second kappa shape index (κ2) is 5.13. The van der Waals surface area contributed by atoms with Crippen LogP contribution in [0.25, 0.3) is 0 Å². The minimum Gasteiger partial charge on any atom is -0.392 e. The minimum absolute atomic E-state index is 0.0350. The number of carbonyl (C=O) groups excluding carboxylic acids is 1. The van der Waals surface area contributed by atoms with E-state index >= 15 is 0 Å². The minimum atomic E-state index is -0.426. The fourth-order valence-electron chi connectivity index (χ4n) is 0.966. The molecule has 0 aliphatic heterocycles. The molecule has 0 heterocycles. The number of hydrogen-bond donors (Lipinski definition) is 1. The van der Waals surface area contributed by atoms with Crippen molar-refractivity contribution in [3.8, 4) is 0 Å². The fourth-order valence-corrected chi connectivity index (χ4v) is 0.966. The lowest BCUT2D eigenvalue weighted by Crippen LogP contribution is -2.35. The Hall–Kier alpha value is -0.570. The van der Waals surface area contributed by atoms with Crippen LogP contribution in [0.1, 0.15) is 27.2 Å². The molecule has 11 heavy (non-hydrogen) atoms. The lowest BCUT2D eigenvalue weighted by Gasteiger charge is -2.21. The fraction of sp³-hybridized carbons (Fsp3) is 0.875. The van der Waals surface area contributed by atoms with E-state index in [1.54, 1.807) is 11.8 Å². The predicted molar refractivity (Wildman–Crippen MR) is 44.2 cm³/mol. The first-order valence-electron chi connectivity index (χ1n) is 4.01. The summed E-state index contributed by atoms with van der Waals surface area (Å²) in [6.07, 6.45) is 0.511. The zero-order valence-corrected chi connectivity index (χ0v) is 7.50. The van der Waals surface area contributed by atoms with Crippen LogP contribution in [0.15, 0.2) is 0 Å². The number of amides is 1. The summed E-state index contributed by atoms with van der Waals surface area (Å²) in [6.45, 7) is 6.41. The van der Waals surface area contributed by atoms with Gasteiger partial charge in [-0.05, 0) is 13.3 Å². The van der Waals surface area contributed by atoms with Crippen LogP contribution in [0.3, 0.4) is 0 Å². The maximum atomic E-state index is 10.9. The van der Waals surface area contributed by atoms with E-state index in [1.165, 1.54) is 6.92 Å². The molecule has 0 aromatic carbocycles. The van der Waals surface area contributed by atoms with E-state index in [1.807, 2.05) is 6.92 Å². The molecule has 0 saturated carbocycles. The first-order chi connectivity index (χ1) is 5.07. The van der Waals surface area contributed by atoms with Gasteiger partial charge < -0.3 is 10.0 Å². The van der Waals surface area contributed by atoms with Crippen molar-refractivity contribution in [3.63, 3.8) is 0 Å². The second-order valence-electron chi connectivity index (χ2n) is 2.81. The summed E-state index contributed by atoms with van der Waals surface area (Å²) < 4.78 is 0. The van der Waals surface area contributed by atoms with Crippen LogP contribution in [-0.2, 0) is 4.79 Å². The largest absolute Gasteiger partial charge is 0.392 e. The summed E-state index contributed by atoms with van der Waals surface area (Å²) in [5.41, 5.74) is 0. The highest BCUT2D eigenvalue weighted by Gasteiger charge is 2.08. The van der Waals surface area contributed by atoms with Gasteiger partial charge in [-0.3, -0.25) is 4.79 Å². The van der Waals surface area contributed by atoms with Crippen LogP contribution in [0.2, 0.25) is 0 Å². The molecule has 1 N–H and O–H groups in total. The number of hydrogen-bond acceptors (Lipinski definition) is 2. The number of aliphatic hydroxyl groups excluding tert-OH is 1. The molecule has 1 atom stereocenters. The van der Waals surface area contributed by atoms with Crippen LogP contribution in [0.5, 0.6) is 0 Å². The number of aliphatic hydroxyl groups is 1. The summed E-state index contributed by atoms with van der Waals surface area (Å²) >= 11 is 0. The zero-order chi connectivity index (χ0) is 8.85. The van der Waals surface area contributed by atoms with E-state index in [2.05, 4.69) is 0 Å². The van der Waals surface area contributed by atoms with Gasteiger partial charge in [0, 0.05) is 20.0 Å². The van der Waals surface area contributed by atoms with Crippen molar-refractivity contribution in [2.45, 2.75) is 33.3 Å². The van der Waals surface area contributed by atoms with E-state index in [9.17, 15) is 4.79 Å². The van der Waals surface area contributed by atoms with E-state index in [-0.39, 0.29) is 5.91 Å². The summed E-state index contributed by atoms with van der Waals surface area (Å²) in [6, 6.07) is 0. The van der Waals surface area contributed by atoms with Gasteiger partial charge in [0.25, 0.3) is 0 Å². The Morgan fingerprint density at radius 3 is 2.45 bits per heavy atom. The molecular formula is C8H17NO2. The first-order valence-corrected chi connectivity index (χ1v) is 4.01. The van der Waals surface area contributed by atoms with E-state index in [0.29, 0.717) is 6.54 Å². The van der Waals surface area contributed by atoms with Crippen molar-refractivity contribution in [1.82, 2.24) is 4.90 Å². The smallest absolute Gasteiger partial charge is 0.219 e. The van der Waals surface area contributed by atoms with Crippen molar-refractivity contribution in [2.75, 3.05) is 13.1 Å². The molecule has 0 fully saturated rings. The molecule has 0 aliphatic rings. The van der Waals surface area contributed by atoms with Gasteiger partial charge >= 0.3 is 0 Å². The van der Waals surface area contributed by atoms with Crippen LogP contribution < -0.4 is 0 Å². The normalized spacial score (nSPS) is 12.7. The maximum absolute atomic E-state index is 10.9. The molecule has 0 aromatic rings. The summed E-state index contributed by atoms with van der Waals surface area (Å²) in [5.74, 6) is 0.0350. The quantitative estimate of drug-likeness (QED) is 0.653. The standard InChI is InChI=1S/C8H17NO2/c1-4-5-9(8(3)11)6-7(2)10/h7,10H,4-6H2,1-3H3/t7-/m0/s1. The number of nitrogens with zero attached hydrogens (tertiary/aromatic N) is 1. The van der Waals surface area contributed by atoms with Crippen molar-refractivity contribution in [3.05, 3.63) is 0 Å². The van der Waals surface area contributed by atoms with E-state index in [0.717, 1.165) is 13.0 Å². The Bertz CT molecular complexity index is 123. The third kappa shape index (κ3) is 4.79. The lowest BCUT2D eigenvalue weighted by molar-refractivity contribution is -0.130. The molecule has 66 valence electrons. The van der Waals surface area contributed by atoms with Crippen molar-refractivity contribution in [1.29, 1.82) is 0 Å². The van der Waals surface area contributed by atoms with Gasteiger partial charge in [-0.15, -0.1) is 0 Å². The van der Waals surface area contributed by atoms with Gasteiger partial charge in [-0.25, -0.2) is 0 Å². The Balaban J connectivity index is 3.79. The van der Waals surface area contributed by atoms with Gasteiger partial charge in [0.05, 0.1) is 6.10 Å². The molecule has 1 amide bonds. The molecule has 0 saturated heterocycles. The average Bonchev–Trinajstić information content (AvgIpc) is 1.86. The van der Waals surface area contributed by atoms with Crippen LogP contribution >= 0.6 is 0 Å². The van der Waals surface area contributed by atoms with Crippen LogP contribution in [0.4, 0.5) is 0 Å². The Morgan fingerprint density at radius 2 is 2.18 bits per heavy atom. The third-order valence-corrected chi connectivity index (χ3v) is 1.42. The SMILES string of the molecule is CCCN(C[C@H](C)O)C(C)=O. The average molecular weight is 159 g/mol. The molecule has 0 bridgehead atoms. The van der Waals surface area contributed by atoms with Gasteiger partial charge in [0.2, 0.25) is 5.91 Å². The lowest BCUT2D eigenvalue weighted by atomic mass is 10.3. The van der Waals surface area contributed by atoms with Crippen molar-refractivity contribution < 1.29 is 9.90 Å². The molecule has 0 radical (unpaired) electrons. The molecule has 0 unspecified atom stereocenters. The first kappa shape index (κ1) is 10.4. The molecule has 0 rings (SSSR count). The Kier molecular flexibility index (Phi) is 4.86. The topological polar surface area (TPSA) is 40.5 Å². The van der Waals surface area contributed by atoms with Crippen molar-refractivity contribution >= 4 is 5.91 Å². The maximum Gasteiger partial charge on any atom is 0.219 e. The molecule has 0 spiro atoms. The summed E-state index contributed by atoms with van der Waals surface area (Å²) in [7, 11) is 0. The number of rotatable bonds is 4. The molecule has 0 aromatic heterocycles. The molecule has 3 nitrogen and oxygen atoms in total. The van der Waals surface area contributed by atoms with Gasteiger partial charge in [0.15, 0.2) is 0 Å². The van der Waals surface area contributed by atoms with Crippen molar-refractivity contribution in [2.24, 2.45) is 0 Å². The highest BCUT2D eigenvalue weighted by Crippen LogP contribution is 1.94.